The average molecular weight is 525 g/mol. The van der Waals surface area contributed by atoms with Crippen molar-refractivity contribution < 1.29 is 19.6 Å². The van der Waals surface area contributed by atoms with Gasteiger partial charge in [-0.3, -0.25) is 9.79 Å². The molecule has 0 aromatic heterocycles. The maximum atomic E-state index is 13.4. The van der Waals surface area contributed by atoms with Gasteiger partial charge in [0.2, 0.25) is 5.78 Å². The lowest BCUT2D eigenvalue weighted by molar-refractivity contribution is -0.650. The molecule has 0 aliphatic rings. The Morgan fingerprint density at radius 3 is 2.00 bits per heavy atom. The van der Waals surface area contributed by atoms with E-state index in [1.165, 1.54) is 0 Å². The highest BCUT2D eigenvalue weighted by Gasteiger charge is 2.30. The number of carbonyl (C=O) groups is 2. The van der Waals surface area contributed by atoms with Crippen LogP contribution >= 0.6 is 0 Å². The van der Waals surface area contributed by atoms with Gasteiger partial charge in [0.1, 0.15) is 18.8 Å². The number of benzene rings is 2. The highest BCUT2D eigenvalue weighted by molar-refractivity contribution is 6.44. The molecule has 0 spiro atoms. The van der Waals surface area contributed by atoms with E-state index in [-0.39, 0.29) is 30.3 Å². The standard InChI is InChI=1S/C28H37N3O3.2C2H6/c1-5-14-24(29-4)25(32)19-30-20-26(21(6-2)7-3)34-28(33)27(22-15-10-8-11-16-22)31-23-17-12-9-13-18-23;2*1-2/h5,8-18,21,26-27,30-31H,6-7,19-20H2,1-4H3;2*1-2H3/p+1/b14-5-,29-24?;;/t26-,27?;;/m0../s1. The maximum absolute atomic E-state index is 13.4. The van der Waals surface area contributed by atoms with Crippen LogP contribution in [0.2, 0.25) is 0 Å². The number of Topliss-reactive ketones (excluding diaryl/α,β-unsaturated/α-hetero) is 1. The minimum atomic E-state index is -0.629. The van der Waals surface area contributed by atoms with E-state index in [9.17, 15) is 9.59 Å². The van der Waals surface area contributed by atoms with Crippen molar-refractivity contribution in [1.82, 2.24) is 0 Å². The van der Waals surface area contributed by atoms with Crippen LogP contribution in [0, 0.1) is 5.92 Å². The monoisotopic (exact) mass is 524 g/mol. The van der Waals surface area contributed by atoms with E-state index in [1.807, 2.05) is 101 Å². The fourth-order valence-corrected chi connectivity index (χ4v) is 3.93. The third-order valence-electron chi connectivity index (χ3n) is 5.88. The molecule has 0 saturated carbocycles. The molecule has 210 valence electrons. The number of nitrogens with one attached hydrogen (secondary N) is 1. The highest BCUT2D eigenvalue weighted by atomic mass is 16.5. The van der Waals surface area contributed by atoms with Crippen LogP contribution in [0.3, 0.4) is 0 Å². The Balaban J connectivity index is 0.00000326. The Labute approximate surface area is 231 Å². The SMILES string of the molecule is C/C=C\C(=NC)C(=O)C[NH2+]C[C@H](OC(=O)C(Nc1ccccc1)c1ccccc1)C(CC)CC.CC.CC. The van der Waals surface area contributed by atoms with Crippen molar-refractivity contribution in [3.8, 4) is 0 Å². The summed E-state index contributed by atoms with van der Waals surface area (Å²) in [7, 11) is 1.62. The van der Waals surface area contributed by atoms with Gasteiger partial charge in [0.05, 0.1) is 0 Å². The molecular formula is C32H50N3O3+. The summed E-state index contributed by atoms with van der Waals surface area (Å²) in [6.45, 7) is 14.8. The average Bonchev–Trinajstić information content (AvgIpc) is 2.98. The smallest absolute Gasteiger partial charge is 0.333 e. The van der Waals surface area contributed by atoms with Gasteiger partial charge in [0.25, 0.3) is 0 Å². The Morgan fingerprint density at radius 2 is 1.50 bits per heavy atom. The molecule has 0 amide bonds. The third kappa shape index (κ3) is 12.3. The van der Waals surface area contributed by atoms with Crippen molar-refractivity contribution in [3.63, 3.8) is 0 Å². The van der Waals surface area contributed by atoms with Crippen LogP contribution in [0.5, 0.6) is 0 Å². The van der Waals surface area contributed by atoms with Gasteiger partial charge in [-0.05, 0) is 43.5 Å². The number of ketones is 1. The second-order valence-corrected chi connectivity index (χ2v) is 8.17. The van der Waals surface area contributed by atoms with E-state index in [4.69, 9.17) is 4.74 Å². The zero-order valence-corrected chi connectivity index (χ0v) is 24.7. The molecular weight excluding hydrogens is 474 g/mol. The summed E-state index contributed by atoms with van der Waals surface area (Å²) in [5, 5.41) is 5.24. The molecule has 0 heterocycles. The molecule has 1 unspecified atom stereocenters. The van der Waals surface area contributed by atoms with Crippen LogP contribution in [0.25, 0.3) is 0 Å². The lowest BCUT2D eigenvalue weighted by Crippen LogP contribution is -2.88. The van der Waals surface area contributed by atoms with E-state index >= 15 is 0 Å². The predicted octanol–water partition coefficient (Wildman–Crippen LogP) is 6.02. The lowest BCUT2D eigenvalue weighted by atomic mass is 9.96. The molecule has 0 radical (unpaired) electrons. The topological polar surface area (TPSA) is 84.4 Å². The largest absolute Gasteiger partial charge is 0.454 e. The number of esters is 1. The van der Waals surface area contributed by atoms with Gasteiger partial charge in [-0.2, -0.15) is 0 Å². The number of ether oxygens (including phenoxy) is 1. The third-order valence-corrected chi connectivity index (χ3v) is 5.88. The van der Waals surface area contributed by atoms with Gasteiger partial charge in [-0.25, -0.2) is 4.79 Å². The van der Waals surface area contributed by atoms with Crippen molar-refractivity contribution in [1.29, 1.82) is 0 Å². The second kappa shape index (κ2) is 21.8. The molecule has 2 aromatic carbocycles. The van der Waals surface area contributed by atoms with Crippen molar-refractivity contribution in [2.75, 3.05) is 25.5 Å². The van der Waals surface area contributed by atoms with Crippen molar-refractivity contribution in [2.24, 2.45) is 10.9 Å². The van der Waals surface area contributed by atoms with Crippen LogP contribution in [0.15, 0.2) is 77.8 Å². The summed E-state index contributed by atoms with van der Waals surface area (Å²) >= 11 is 0. The van der Waals surface area contributed by atoms with E-state index in [2.05, 4.69) is 24.2 Å². The quantitative estimate of drug-likeness (QED) is 0.234. The fraction of sp³-hybridized carbons (Fsp3) is 0.469. The normalized spacial score (nSPS) is 12.5. The summed E-state index contributed by atoms with van der Waals surface area (Å²) < 4.78 is 6.11. The van der Waals surface area contributed by atoms with Gasteiger partial charge in [-0.15, -0.1) is 0 Å². The van der Waals surface area contributed by atoms with E-state index in [1.54, 1.807) is 19.2 Å². The number of hydrogen-bond donors (Lipinski definition) is 2. The summed E-state index contributed by atoms with van der Waals surface area (Å²) in [6.07, 6.45) is 4.99. The first-order chi connectivity index (χ1) is 18.5. The number of hydrogen-bond acceptors (Lipinski definition) is 5. The first kappa shape index (κ1) is 34.8. The van der Waals surface area contributed by atoms with Crippen molar-refractivity contribution in [2.45, 2.75) is 73.5 Å². The van der Waals surface area contributed by atoms with Crippen LogP contribution < -0.4 is 10.6 Å². The Hall–Kier alpha value is -3.25. The molecule has 6 heteroatoms. The van der Waals surface area contributed by atoms with E-state index in [0.29, 0.717) is 12.3 Å². The zero-order valence-electron chi connectivity index (χ0n) is 24.7. The summed E-state index contributed by atoms with van der Waals surface area (Å²) in [5.41, 5.74) is 2.14. The zero-order chi connectivity index (χ0) is 28.8. The number of carbonyl (C=O) groups excluding carboxylic acids is 2. The van der Waals surface area contributed by atoms with Crippen LogP contribution in [-0.4, -0.2) is 43.7 Å². The lowest BCUT2D eigenvalue weighted by Gasteiger charge is -2.27. The predicted molar refractivity (Wildman–Crippen MR) is 161 cm³/mol. The maximum Gasteiger partial charge on any atom is 0.333 e. The molecule has 0 fully saturated rings. The number of rotatable bonds is 14. The number of nitrogens with zero attached hydrogens (tertiary/aromatic N) is 1. The summed E-state index contributed by atoms with van der Waals surface area (Å²) in [4.78, 5) is 29.9. The molecule has 0 aliphatic carbocycles. The Morgan fingerprint density at radius 1 is 0.947 bits per heavy atom. The first-order valence-electron chi connectivity index (χ1n) is 14.0. The van der Waals surface area contributed by atoms with Gasteiger partial charge in [0, 0.05) is 18.7 Å². The Kier molecular flexibility index (Phi) is 19.9. The fourth-order valence-electron chi connectivity index (χ4n) is 3.93. The second-order valence-electron chi connectivity index (χ2n) is 8.17. The van der Waals surface area contributed by atoms with Gasteiger partial charge in [0.15, 0.2) is 12.1 Å². The van der Waals surface area contributed by atoms with Crippen LogP contribution in [-0.2, 0) is 14.3 Å². The number of allylic oxidation sites excluding steroid dienone is 2. The molecule has 3 N–H and O–H groups in total. The molecule has 38 heavy (non-hydrogen) atoms. The minimum Gasteiger partial charge on any atom is -0.454 e. The number of aliphatic imine (C=N–C) groups is 1. The molecule has 0 saturated heterocycles. The number of anilines is 1. The van der Waals surface area contributed by atoms with Gasteiger partial charge >= 0.3 is 5.97 Å². The molecule has 2 atom stereocenters. The summed E-state index contributed by atoms with van der Waals surface area (Å²) in [5.74, 6) is -0.155. The first-order valence-corrected chi connectivity index (χ1v) is 14.0. The molecule has 2 aromatic rings. The minimum absolute atomic E-state index is 0.0388. The van der Waals surface area contributed by atoms with Crippen molar-refractivity contribution >= 4 is 23.2 Å². The van der Waals surface area contributed by atoms with Gasteiger partial charge < -0.3 is 15.4 Å². The molecule has 2 rings (SSSR count). The van der Waals surface area contributed by atoms with E-state index in [0.717, 1.165) is 24.1 Å². The molecule has 0 bridgehead atoms. The number of quaternary nitrogens is 1. The van der Waals surface area contributed by atoms with Gasteiger partial charge in [-0.1, -0.05) is 96.1 Å². The summed E-state index contributed by atoms with van der Waals surface area (Å²) in [6, 6.07) is 18.6. The van der Waals surface area contributed by atoms with Crippen LogP contribution in [0.4, 0.5) is 5.69 Å². The Bertz CT molecular complexity index is 939. The van der Waals surface area contributed by atoms with Crippen LogP contribution in [0.1, 0.15) is 72.9 Å². The number of para-hydroxylation sites is 1. The molecule has 0 aliphatic heterocycles. The highest BCUT2D eigenvalue weighted by Crippen LogP contribution is 2.24. The van der Waals surface area contributed by atoms with E-state index < -0.39 is 6.04 Å². The molecule has 6 nitrogen and oxygen atoms in total. The number of nitrogens with two attached hydrogens (primary N) is 1. The van der Waals surface area contributed by atoms with Crippen molar-refractivity contribution in [3.05, 3.63) is 78.4 Å².